The Morgan fingerprint density at radius 3 is 1.14 bits per heavy atom. The van der Waals surface area contributed by atoms with E-state index in [1.54, 1.807) is 0 Å². The van der Waals surface area contributed by atoms with Gasteiger partial charge in [-0.25, -0.2) is 0 Å². The molecule has 0 rings (SSSR count). The average molecular weight is 432 g/mol. The normalized spacial score (nSPS) is 13.4. The lowest BCUT2D eigenvalue weighted by Gasteiger charge is -2.35. The number of hydrogen-bond acceptors (Lipinski definition) is 4. The molecule has 28 heavy (non-hydrogen) atoms. The van der Waals surface area contributed by atoms with Gasteiger partial charge in [0.05, 0.1) is 0 Å². The Bertz CT molecular complexity index is 485. The summed E-state index contributed by atoms with van der Waals surface area (Å²) in [5, 5.41) is 19.3. The smallest absolute Gasteiger partial charge is 0.392 e. The Hall–Kier alpha value is -1.70. The van der Waals surface area contributed by atoms with Crippen molar-refractivity contribution in [3.63, 3.8) is 0 Å². The highest BCUT2D eigenvalue weighted by Crippen LogP contribution is 2.52. The molecular weight excluding hydrogens is 412 g/mol. The van der Waals surface area contributed by atoms with E-state index in [0.29, 0.717) is 0 Å². The molecule has 6 nitrogen and oxygen atoms in total. The average Bonchev–Trinajstić information content (AvgIpc) is 2.61. The Kier molecular flexibility index (Phi) is 9.57. The van der Waals surface area contributed by atoms with Crippen LogP contribution < -0.4 is 10.6 Å². The minimum Gasteiger partial charge on any atom is -0.396 e. The van der Waals surface area contributed by atoms with E-state index in [-0.39, 0.29) is 25.7 Å². The summed E-state index contributed by atoms with van der Waals surface area (Å²) in [7, 11) is 0. The number of halogens is 8. The van der Waals surface area contributed by atoms with Gasteiger partial charge < -0.3 is 20.8 Å². The van der Waals surface area contributed by atoms with Crippen LogP contribution >= 0.6 is 0 Å². The zero-order valence-corrected chi connectivity index (χ0v) is 14.4. The number of alkyl halides is 8. The Labute approximate surface area is 154 Å². The third-order valence-electron chi connectivity index (χ3n) is 3.49. The monoisotopic (exact) mass is 432 g/mol. The number of hydrogen-bond donors (Lipinski definition) is 4. The standard InChI is InChI=1S/C14H20F8N2O4/c15-11(16,9(27)23-5-1-3-7-25)13(19,20)14(21,22)12(17,18)10(28)24-6-2-4-8-26/h25-26H,1-8H2,(H,23,27)(H,24,28). The molecule has 0 spiro atoms. The highest BCUT2D eigenvalue weighted by molar-refractivity contribution is 5.87. The first-order chi connectivity index (χ1) is 12.7. The van der Waals surface area contributed by atoms with Gasteiger partial charge in [-0.2, -0.15) is 35.1 Å². The number of carbonyl (C=O) groups is 2. The van der Waals surface area contributed by atoms with Gasteiger partial charge in [-0.1, -0.05) is 0 Å². The molecule has 0 aliphatic heterocycles. The molecule has 0 aromatic rings. The highest BCUT2D eigenvalue weighted by atomic mass is 19.4. The summed E-state index contributed by atoms with van der Waals surface area (Å²) in [4.78, 5) is 22.3. The van der Waals surface area contributed by atoms with Gasteiger partial charge >= 0.3 is 23.7 Å². The maximum absolute atomic E-state index is 13.6. The van der Waals surface area contributed by atoms with Crippen molar-refractivity contribution in [3.05, 3.63) is 0 Å². The van der Waals surface area contributed by atoms with Crippen LogP contribution in [0.4, 0.5) is 35.1 Å². The van der Waals surface area contributed by atoms with Gasteiger partial charge in [0, 0.05) is 26.3 Å². The predicted octanol–water partition coefficient (Wildman–Crippen LogP) is 1.31. The molecule has 4 N–H and O–H groups in total. The molecule has 166 valence electrons. The molecule has 0 aromatic heterocycles. The zero-order chi connectivity index (χ0) is 22.2. The number of aliphatic hydroxyl groups is 2. The zero-order valence-electron chi connectivity index (χ0n) is 14.4. The maximum Gasteiger partial charge on any atom is 0.392 e. The van der Waals surface area contributed by atoms with Crippen molar-refractivity contribution < 1.29 is 54.9 Å². The molecule has 0 aromatic carbocycles. The van der Waals surface area contributed by atoms with Crippen molar-refractivity contribution in [3.8, 4) is 0 Å². The van der Waals surface area contributed by atoms with Crippen LogP contribution in [0.1, 0.15) is 25.7 Å². The van der Waals surface area contributed by atoms with Crippen molar-refractivity contribution in [2.75, 3.05) is 26.3 Å². The third-order valence-corrected chi connectivity index (χ3v) is 3.49. The lowest BCUT2D eigenvalue weighted by atomic mass is 9.97. The fourth-order valence-electron chi connectivity index (χ4n) is 1.78. The lowest BCUT2D eigenvalue weighted by Crippen LogP contribution is -2.69. The fraction of sp³-hybridized carbons (Fsp3) is 0.857. The molecule has 0 unspecified atom stereocenters. The van der Waals surface area contributed by atoms with Crippen LogP contribution in [0, 0.1) is 0 Å². The molecule has 0 aliphatic carbocycles. The second-order valence-electron chi connectivity index (χ2n) is 5.67. The first kappa shape index (κ1) is 26.3. The number of nitrogens with one attached hydrogen (secondary N) is 2. The second-order valence-corrected chi connectivity index (χ2v) is 5.67. The van der Waals surface area contributed by atoms with Crippen LogP contribution in [0.3, 0.4) is 0 Å². The van der Waals surface area contributed by atoms with Gasteiger partial charge in [0.15, 0.2) is 0 Å². The van der Waals surface area contributed by atoms with Crippen molar-refractivity contribution in [2.24, 2.45) is 0 Å². The maximum atomic E-state index is 13.6. The molecule has 0 saturated carbocycles. The van der Waals surface area contributed by atoms with Gasteiger partial charge in [0.1, 0.15) is 0 Å². The van der Waals surface area contributed by atoms with E-state index in [4.69, 9.17) is 10.2 Å². The SMILES string of the molecule is O=C(NCCCCO)C(F)(F)C(F)(F)C(F)(F)C(F)(F)C(=O)NCCCCO. The molecule has 0 radical (unpaired) electrons. The van der Waals surface area contributed by atoms with Crippen LogP contribution in [0.5, 0.6) is 0 Å². The van der Waals surface area contributed by atoms with E-state index in [0.717, 1.165) is 0 Å². The number of rotatable bonds is 13. The molecular formula is C14H20F8N2O4. The van der Waals surface area contributed by atoms with Gasteiger partial charge in [-0.05, 0) is 25.7 Å². The number of aliphatic hydroxyl groups excluding tert-OH is 2. The number of carbonyl (C=O) groups excluding carboxylic acids is 2. The fourth-order valence-corrected chi connectivity index (χ4v) is 1.78. The minimum atomic E-state index is -6.91. The Morgan fingerprint density at radius 1 is 0.607 bits per heavy atom. The molecule has 0 fully saturated rings. The van der Waals surface area contributed by atoms with E-state index in [9.17, 15) is 44.7 Å². The van der Waals surface area contributed by atoms with Gasteiger partial charge in [-0.3, -0.25) is 9.59 Å². The molecule has 14 heteroatoms. The second kappa shape index (κ2) is 10.2. The summed E-state index contributed by atoms with van der Waals surface area (Å²) in [5.74, 6) is -32.2. The van der Waals surface area contributed by atoms with Crippen LogP contribution in [-0.4, -0.2) is 72.0 Å². The first-order valence-electron chi connectivity index (χ1n) is 8.01. The van der Waals surface area contributed by atoms with E-state index in [1.165, 1.54) is 10.6 Å². The van der Waals surface area contributed by atoms with E-state index >= 15 is 0 Å². The van der Waals surface area contributed by atoms with Crippen LogP contribution in [0.15, 0.2) is 0 Å². The van der Waals surface area contributed by atoms with Crippen molar-refractivity contribution in [1.29, 1.82) is 0 Å². The van der Waals surface area contributed by atoms with Crippen LogP contribution in [-0.2, 0) is 9.59 Å². The molecule has 0 aliphatic rings. The summed E-state index contributed by atoms with van der Waals surface area (Å²) < 4.78 is 109. The molecule has 0 bridgehead atoms. The van der Waals surface area contributed by atoms with E-state index in [2.05, 4.69) is 0 Å². The van der Waals surface area contributed by atoms with Crippen LogP contribution in [0.2, 0.25) is 0 Å². The third kappa shape index (κ3) is 5.43. The van der Waals surface area contributed by atoms with E-state index < -0.39 is 61.8 Å². The number of unbranched alkanes of at least 4 members (excludes halogenated alkanes) is 2. The topological polar surface area (TPSA) is 98.7 Å². The minimum absolute atomic E-state index is 0.0348. The summed E-state index contributed by atoms with van der Waals surface area (Å²) in [6.45, 7) is -2.28. The Morgan fingerprint density at radius 2 is 0.893 bits per heavy atom. The summed E-state index contributed by atoms with van der Waals surface area (Å²) >= 11 is 0. The number of amides is 2. The Balaban J connectivity index is 5.39. The van der Waals surface area contributed by atoms with E-state index in [1.807, 2.05) is 0 Å². The molecule has 0 heterocycles. The lowest BCUT2D eigenvalue weighted by molar-refractivity contribution is -0.347. The van der Waals surface area contributed by atoms with Crippen molar-refractivity contribution >= 4 is 11.8 Å². The van der Waals surface area contributed by atoms with Gasteiger partial charge in [0.2, 0.25) is 0 Å². The van der Waals surface area contributed by atoms with Crippen molar-refractivity contribution in [1.82, 2.24) is 10.6 Å². The quantitative estimate of drug-likeness (QED) is 0.261. The molecule has 0 saturated heterocycles. The molecule has 0 atom stereocenters. The highest BCUT2D eigenvalue weighted by Gasteiger charge is 2.84. The summed E-state index contributed by atoms with van der Waals surface area (Å²) in [6, 6.07) is 0. The molecule has 2 amide bonds. The first-order valence-corrected chi connectivity index (χ1v) is 8.01. The van der Waals surface area contributed by atoms with Crippen LogP contribution in [0.25, 0.3) is 0 Å². The summed E-state index contributed by atoms with van der Waals surface area (Å²) in [6.07, 6.45) is -0.417. The van der Waals surface area contributed by atoms with Gasteiger partial charge in [0.25, 0.3) is 11.8 Å². The largest absolute Gasteiger partial charge is 0.396 e. The van der Waals surface area contributed by atoms with Gasteiger partial charge in [-0.15, -0.1) is 0 Å². The predicted molar refractivity (Wildman–Crippen MR) is 78.4 cm³/mol. The summed E-state index contributed by atoms with van der Waals surface area (Å²) in [5.41, 5.74) is 0. The van der Waals surface area contributed by atoms with Crippen molar-refractivity contribution in [2.45, 2.75) is 49.4 Å².